The predicted molar refractivity (Wildman–Crippen MR) is 96.8 cm³/mol. The predicted octanol–water partition coefficient (Wildman–Crippen LogP) is 4.65. The highest BCUT2D eigenvalue weighted by Crippen LogP contribution is 2.77. The zero-order valence-electron chi connectivity index (χ0n) is 14.9. The molecule has 6 aliphatic rings. The maximum atomic E-state index is 11.0. The van der Waals surface area contributed by atoms with Gasteiger partial charge in [0.05, 0.1) is 12.2 Å². The summed E-state index contributed by atoms with van der Waals surface area (Å²) in [6, 6.07) is -0.0964. The smallest absolute Gasteiger partial charge is 0.111 e. The maximum Gasteiger partial charge on any atom is 0.111 e. The van der Waals surface area contributed by atoms with E-state index in [0.717, 1.165) is 43.1 Å². The summed E-state index contributed by atoms with van der Waals surface area (Å²) in [4.78, 5) is 11.0. The highest BCUT2D eigenvalue weighted by Gasteiger charge is 2.76. The Hall–Kier alpha value is -1.22. The van der Waals surface area contributed by atoms with Crippen molar-refractivity contribution in [1.29, 1.82) is 0 Å². The highest BCUT2D eigenvalue weighted by atomic mass is 16.5. The molecule has 3 saturated carbocycles. The summed E-state index contributed by atoms with van der Waals surface area (Å²) in [5.74, 6) is 4.53. The number of allylic oxidation sites excluding steroid dienone is 3. The third-order valence-corrected chi connectivity index (χ3v) is 8.92. The first-order chi connectivity index (χ1) is 12.2. The molecule has 0 radical (unpaired) electrons. The number of hydrogen-bond donors (Lipinski definition) is 0. The van der Waals surface area contributed by atoms with Crippen LogP contribution in [0.4, 0.5) is 0 Å². The Morgan fingerprint density at radius 2 is 2.16 bits per heavy atom. The van der Waals surface area contributed by atoms with E-state index in [1.807, 2.05) is 0 Å². The van der Waals surface area contributed by atoms with E-state index in [2.05, 4.69) is 42.5 Å². The van der Waals surface area contributed by atoms with Crippen molar-refractivity contribution < 1.29 is 4.74 Å². The third-order valence-electron chi connectivity index (χ3n) is 8.92. The molecule has 3 heteroatoms. The van der Waals surface area contributed by atoms with Crippen LogP contribution >= 0.6 is 0 Å². The molecule has 1 heterocycles. The van der Waals surface area contributed by atoms with Gasteiger partial charge in [-0.3, -0.25) is 0 Å². The van der Waals surface area contributed by atoms with Crippen LogP contribution in [0.5, 0.6) is 0 Å². The number of hydrogen-bond acceptors (Lipinski definition) is 3. The second kappa shape index (κ2) is 4.73. The zero-order chi connectivity index (χ0) is 16.8. The normalized spacial score (nSPS) is 57.5. The average molecular weight is 337 g/mol. The molecule has 6 rings (SSSR count). The van der Waals surface area contributed by atoms with Gasteiger partial charge in [0.1, 0.15) is 6.04 Å². The van der Waals surface area contributed by atoms with Crippen LogP contribution < -0.4 is 0 Å². The molecule has 0 saturated heterocycles. The van der Waals surface area contributed by atoms with E-state index >= 15 is 0 Å². The summed E-state index contributed by atoms with van der Waals surface area (Å²) in [6.45, 7) is 3.34. The van der Waals surface area contributed by atoms with Crippen LogP contribution in [-0.4, -0.2) is 18.2 Å². The molecule has 3 nitrogen and oxygen atoms in total. The van der Waals surface area contributed by atoms with Crippen LogP contribution in [0, 0.1) is 45.8 Å². The van der Waals surface area contributed by atoms with Crippen LogP contribution in [0.2, 0.25) is 0 Å². The van der Waals surface area contributed by atoms with E-state index in [9.17, 15) is 4.91 Å². The number of fused-ring (bicyclic) bond motifs is 9. The third kappa shape index (κ3) is 1.67. The summed E-state index contributed by atoms with van der Waals surface area (Å²) in [7, 11) is 0. The molecule has 25 heavy (non-hydrogen) atoms. The van der Waals surface area contributed by atoms with Gasteiger partial charge in [-0.1, -0.05) is 42.5 Å². The van der Waals surface area contributed by atoms with Crippen LogP contribution in [-0.2, 0) is 4.74 Å². The molecule has 0 bridgehead atoms. The van der Waals surface area contributed by atoms with Crippen molar-refractivity contribution in [2.45, 2.75) is 50.7 Å². The molecule has 0 amide bonds. The molecular weight excluding hydrogens is 310 g/mol. The van der Waals surface area contributed by atoms with Crippen LogP contribution in [0.3, 0.4) is 0 Å². The minimum absolute atomic E-state index is 0.0381. The Morgan fingerprint density at radius 3 is 2.96 bits per heavy atom. The lowest BCUT2D eigenvalue weighted by Crippen LogP contribution is -2.54. The van der Waals surface area contributed by atoms with Gasteiger partial charge in [-0.15, -0.1) is 0 Å². The first kappa shape index (κ1) is 14.9. The second-order valence-electron chi connectivity index (χ2n) is 9.62. The molecule has 0 N–H and O–H groups in total. The van der Waals surface area contributed by atoms with Gasteiger partial charge in [0.25, 0.3) is 0 Å². The molecule has 0 aromatic heterocycles. The van der Waals surface area contributed by atoms with Crippen molar-refractivity contribution in [3.63, 3.8) is 0 Å². The fourth-order valence-corrected chi connectivity index (χ4v) is 7.93. The summed E-state index contributed by atoms with van der Waals surface area (Å²) in [5.41, 5.74) is 1.75. The number of nitroso groups, excluding NO2 is 1. The minimum atomic E-state index is -0.0964. The first-order valence-corrected chi connectivity index (χ1v) is 10.2. The monoisotopic (exact) mass is 337 g/mol. The van der Waals surface area contributed by atoms with Crippen molar-refractivity contribution in [2.75, 3.05) is 6.61 Å². The zero-order valence-corrected chi connectivity index (χ0v) is 14.9. The number of rotatable bonds is 1. The topological polar surface area (TPSA) is 38.7 Å². The Bertz CT molecular complexity index is 724. The van der Waals surface area contributed by atoms with E-state index in [0.29, 0.717) is 17.3 Å². The summed E-state index contributed by atoms with van der Waals surface area (Å²) in [5, 5.41) is 3.29. The van der Waals surface area contributed by atoms with Gasteiger partial charge in [-0.05, 0) is 73.2 Å². The van der Waals surface area contributed by atoms with Gasteiger partial charge in [0, 0.05) is 5.41 Å². The highest BCUT2D eigenvalue weighted by molar-refractivity contribution is 5.37. The maximum absolute atomic E-state index is 11.0. The second-order valence-corrected chi connectivity index (χ2v) is 9.62. The molecule has 1 aliphatic heterocycles. The van der Waals surface area contributed by atoms with E-state index in [1.54, 1.807) is 0 Å². The van der Waals surface area contributed by atoms with Crippen molar-refractivity contribution >= 4 is 0 Å². The van der Waals surface area contributed by atoms with E-state index in [4.69, 9.17) is 4.74 Å². The van der Waals surface area contributed by atoms with Gasteiger partial charge in [0.15, 0.2) is 0 Å². The van der Waals surface area contributed by atoms with Gasteiger partial charge in [-0.2, -0.15) is 4.91 Å². The lowest BCUT2D eigenvalue weighted by molar-refractivity contribution is -0.120. The Labute approximate surface area is 149 Å². The Morgan fingerprint density at radius 1 is 1.24 bits per heavy atom. The molecule has 6 unspecified atom stereocenters. The molecule has 0 aromatic rings. The molecule has 0 aromatic carbocycles. The molecule has 9 atom stereocenters. The van der Waals surface area contributed by atoms with Crippen LogP contribution in [0.15, 0.2) is 41.1 Å². The SMILES string of the molecule is C[C@]12CCC3C(C=CC4=CC(N=O)CC[C@@H]43)C1C1CC1[C@@]21C=CCO1. The van der Waals surface area contributed by atoms with Gasteiger partial charge >= 0.3 is 0 Å². The van der Waals surface area contributed by atoms with E-state index < -0.39 is 0 Å². The lowest BCUT2D eigenvalue weighted by atomic mass is 9.50. The Balaban J connectivity index is 1.40. The van der Waals surface area contributed by atoms with Gasteiger partial charge < -0.3 is 4.74 Å². The van der Waals surface area contributed by atoms with E-state index in [1.165, 1.54) is 24.8 Å². The molecule has 3 fully saturated rings. The molecule has 132 valence electrons. The van der Waals surface area contributed by atoms with Crippen molar-refractivity contribution in [3.05, 3.63) is 40.9 Å². The van der Waals surface area contributed by atoms with Crippen LogP contribution in [0.25, 0.3) is 0 Å². The average Bonchev–Trinajstić information content (AvgIpc) is 3.20. The fourth-order valence-electron chi connectivity index (χ4n) is 7.93. The van der Waals surface area contributed by atoms with Gasteiger partial charge in [0.2, 0.25) is 0 Å². The number of ether oxygens (including phenoxy) is 1. The quantitative estimate of drug-likeness (QED) is 0.516. The van der Waals surface area contributed by atoms with Crippen molar-refractivity contribution in [2.24, 2.45) is 46.1 Å². The molecular formula is C22H27NO2. The van der Waals surface area contributed by atoms with Gasteiger partial charge in [-0.25, -0.2) is 0 Å². The number of nitrogens with zero attached hydrogens (tertiary/aromatic N) is 1. The molecule has 5 aliphatic carbocycles. The minimum Gasteiger partial charge on any atom is -0.366 e. The summed E-state index contributed by atoms with van der Waals surface area (Å²) in [6.07, 6.45) is 17.8. The van der Waals surface area contributed by atoms with Crippen molar-refractivity contribution in [1.82, 2.24) is 0 Å². The first-order valence-electron chi connectivity index (χ1n) is 10.2. The van der Waals surface area contributed by atoms with Crippen LogP contribution in [0.1, 0.15) is 39.0 Å². The summed E-state index contributed by atoms with van der Waals surface area (Å²) < 4.78 is 6.45. The largest absolute Gasteiger partial charge is 0.366 e. The van der Waals surface area contributed by atoms with E-state index in [-0.39, 0.29) is 11.6 Å². The molecule has 1 spiro atoms. The lowest BCUT2D eigenvalue weighted by Gasteiger charge is -2.55. The van der Waals surface area contributed by atoms with Crippen molar-refractivity contribution in [3.8, 4) is 0 Å². The summed E-state index contributed by atoms with van der Waals surface area (Å²) >= 11 is 0. The fraction of sp³-hybridized carbons (Fsp3) is 0.727. The standard InChI is InChI=1S/C22H27NO2/c1-21-9-7-16-15-6-4-14(23-24)11-13(15)3-5-17(16)20(21)18-12-19(18)22(21)8-2-10-25-22/h2-3,5,8,11,14-20H,4,6-7,9-10,12H2,1H3/t14?,15-,16?,17?,18?,19?,20?,21-,22-/m0/s1. The Kier molecular flexibility index (Phi) is 2.82.